The van der Waals surface area contributed by atoms with Crippen molar-refractivity contribution in [2.24, 2.45) is 0 Å². The first-order chi connectivity index (χ1) is 15.4. The molecule has 0 atom stereocenters. The molecule has 162 valence electrons. The summed E-state index contributed by atoms with van der Waals surface area (Å²) in [5.41, 5.74) is 3.97. The van der Waals surface area contributed by atoms with Crippen LogP contribution in [0.1, 0.15) is 25.3 Å². The Labute approximate surface area is 183 Å². The van der Waals surface area contributed by atoms with Crippen LogP contribution in [0, 0.1) is 10.1 Å². The van der Waals surface area contributed by atoms with E-state index in [0.29, 0.717) is 28.4 Å². The van der Waals surface area contributed by atoms with Gasteiger partial charge in [0.15, 0.2) is 6.61 Å². The molecule has 0 radical (unpaired) electrons. The zero-order valence-corrected chi connectivity index (χ0v) is 17.6. The number of nitrogens with one attached hydrogen (secondary N) is 1. The molecule has 0 aliphatic carbocycles. The highest BCUT2D eigenvalue weighted by Crippen LogP contribution is 2.20. The van der Waals surface area contributed by atoms with Gasteiger partial charge in [0.05, 0.1) is 10.6 Å². The third-order valence-electron chi connectivity index (χ3n) is 4.87. The molecular formula is C23H21N5O4. The van der Waals surface area contributed by atoms with Gasteiger partial charge in [-0.05, 0) is 53.9 Å². The average molecular weight is 431 g/mol. The van der Waals surface area contributed by atoms with E-state index in [-0.39, 0.29) is 18.2 Å². The summed E-state index contributed by atoms with van der Waals surface area (Å²) in [6.07, 6.45) is 0. The number of non-ortho nitro benzene ring substituents is 1. The number of carbonyl (C=O) groups excluding carboxylic acids is 1. The van der Waals surface area contributed by atoms with Crippen molar-refractivity contribution in [3.05, 3.63) is 82.4 Å². The van der Waals surface area contributed by atoms with E-state index >= 15 is 0 Å². The monoisotopic (exact) mass is 431 g/mol. The van der Waals surface area contributed by atoms with Crippen LogP contribution in [0.5, 0.6) is 5.75 Å². The van der Waals surface area contributed by atoms with E-state index < -0.39 is 4.92 Å². The third-order valence-corrected chi connectivity index (χ3v) is 4.87. The van der Waals surface area contributed by atoms with Gasteiger partial charge in [-0.15, -0.1) is 10.2 Å². The zero-order valence-electron chi connectivity index (χ0n) is 17.6. The van der Waals surface area contributed by atoms with E-state index in [0.717, 1.165) is 5.69 Å². The van der Waals surface area contributed by atoms with Gasteiger partial charge in [0, 0.05) is 17.8 Å². The molecule has 1 aromatic heterocycles. The van der Waals surface area contributed by atoms with Crippen LogP contribution in [0.2, 0.25) is 0 Å². The molecule has 3 aromatic carbocycles. The predicted molar refractivity (Wildman–Crippen MR) is 120 cm³/mol. The maximum atomic E-state index is 12.2. The van der Waals surface area contributed by atoms with E-state index in [4.69, 9.17) is 4.74 Å². The van der Waals surface area contributed by atoms with Gasteiger partial charge in [0.2, 0.25) is 0 Å². The number of amides is 1. The number of nitro groups is 1. The number of ether oxygens (including phenoxy) is 1. The minimum Gasteiger partial charge on any atom is -0.484 e. The first kappa shape index (κ1) is 21.0. The lowest BCUT2D eigenvalue weighted by molar-refractivity contribution is -0.384. The molecule has 0 aliphatic heterocycles. The van der Waals surface area contributed by atoms with Crippen molar-refractivity contribution in [3.63, 3.8) is 0 Å². The van der Waals surface area contributed by atoms with Gasteiger partial charge in [-0.3, -0.25) is 14.9 Å². The first-order valence-corrected chi connectivity index (χ1v) is 10.0. The predicted octanol–water partition coefficient (Wildman–Crippen LogP) is 4.47. The number of aromatic nitrogens is 3. The van der Waals surface area contributed by atoms with Crippen molar-refractivity contribution < 1.29 is 14.5 Å². The average Bonchev–Trinajstić information content (AvgIpc) is 3.21. The van der Waals surface area contributed by atoms with Crippen molar-refractivity contribution >= 4 is 28.3 Å². The zero-order chi connectivity index (χ0) is 22.7. The molecule has 0 saturated heterocycles. The Kier molecular flexibility index (Phi) is 5.80. The van der Waals surface area contributed by atoms with Crippen LogP contribution in [0.4, 0.5) is 11.4 Å². The summed E-state index contributed by atoms with van der Waals surface area (Å²) in [5.74, 6) is 0.455. The Hall–Kier alpha value is -4.27. The summed E-state index contributed by atoms with van der Waals surface area (Å²) >= 11 is 0. The van der Waals surface area contributed by atoms with Gasteiger partial charge in [-0.1, -0.05) is 26.0 Å². The SMILES string of the molecule is CC(C)c1ccc(-n2nc3ccc(NC(=O)COc4ccc([N+](=O)[O-])cc4)cc3n2)cc1. The fraction of sp³-hybridized carbons (Fsp3) is 0.174. The fourth-order valence-electron chi connectivity index (χ4n) is 3.11. The number of hydrogen-bond donors (Lipinski definition) is 1. The molecule has 4 aromatic rings. The van der Waals surface area contributed by atoms with Crippen LogP contribution < -0.4 is 10.1 Å². The minimum atomic E-state index is -0.497. The van der Waals surface area contributed by atoms with Crippen LogP contribution >= 0.6 is 0 Å². The molecule has 0 aliphatic rings. The maximum absolute atomic E-state index is 12.2. The standard InChI is InChI=1S/C23H21N5O4/c1-15(2)16-3-6-18(7-4-16)27-25-21-12-5-17(13-22(21)26-27)24-23(29)14-32-20-10-8-19(9-11-20)28(30)31/h3-13,15H,14H2,1-2H3,(H,24,29). The van der Waals surface area contributed by atoms with E-state index in [9.17, 15) is 14.9 Å². The molecule has 0 bridgehead atoms. The number of nitrogens with zero attached hydrogens (tertiary/aromatic N) is 4. The highest BCUT2D eigenvalue weighted by molar-refractivity contribution is 5.93. The Morgan fingerprint density at radius 3 is 2.38 bits per heavy atom. The molecule has 1 heterocycles. The topological polar surface area (TPSA) is 112 Å². The third kappa shape index (κ3) is 4.72. The van der Waals surface area contributed by atoms with Gasteiger partial charge in [0.1, 0.15) is 16.8 Å². The molecule has 1 amide bonds. The summed E-state index contributed by atoms with van der Waals surface area (Å²) < 4.78 is 5.38. The van der Waals surface area contributed by atoms with Crippen LogP contribution in [0.3, 0.4) is 0 Å². The number of carbonyl (C=O) groups is 1. The molecule has 0 spiro atoms. The summed E-state index contributed by atoms with van der Waals surface area (Å²) in [6, 6.07) is 18.9. The van der Waals surface area contributed by atoms with Crippen molar-refractivity contribution in [3.8, 4) is 11.4 Å². The Balaban J connectivity index is 1.41. The molecule has 0 saturated carbocycles. The van der Waals surface area contributed by atoms with Gasteiger partial charge in [-0.2, -0.15) is 4.80 Å². The Morgan fingerprint density at radius 1 is 1.03 bits per heavy atom. The summed E-state index contributed by atoms with van der Waals surface area (Å²) in [7, 11) is 0. The summed E-state index contributed by atoms with van der Waals surface area (Å²) in [4.78, 5) is 24.0. The van der Waals surface area contributed by atoms with Gasteiger partial charge < -0.3 is 10.1 Å². The van der Waals surface area contributed by atoms with Gasteiger partial charge >= 0.3 is 0 Å². The molecule has 0 unspecified atom stereocenters. The normalized spacial score (nSPS) is 11.0. The molecule has 4 rings (SSSR count). The van der Waals surface area contributed by atoms with E-state index in [1.54, 1.807) is 23.0 Å². The quantitative estimate of drug-likeness (QED) is 0.341. The summed E-state index contributed by atoms with van der Waals surface area (Å²) in [5, 5.41) is 22.4. The number of benzene rings is 3. The van der Waals surface area contributed by atoms with Crippen molar-refractivity contribution in [2.45, 2.75) is 19.8 Å². The van der Waals surface area contributed by atoms with Crippen LogP contribution in [0.25, 0.3) is 16.7 Å². The number of hydrogen-bond acceptors (Lipinski definition) is 6. The number of nitro benzene ring substituents is 1. The van der Waals surface area contributed by atoms with Crippen LogP contribution in [-0.2, 0) is 4.79 Å². The largest absolute Gasteiger partial charge is 0.484 e. The summed E-state index contributed by atoms with van der Waals surface area (Å²) in [6.45, 7) is 4.05. The number of anilines is 1. The van der Waals surface area contributed by atoms with E-state index in [1.165, 1.54) is 29.8 Å². The maximum Gasteiger partial charge on any atom is 0.269 e. The highest BCUT2D eigenvalue weighted by atomic mass is 16.6. The number of fused-ring (bicyclic) bond motifs is 1. The molecule has 9 heteroatoms. The first-order valence-electron chi connectivity index (χ1n) is 10.0. The second-order valence-electron chi connectivity index (χ2n) is 7.53. The lowest BCUT2D eigenvalue weighted by Crippen LogP contribution is -2.20. The van der Waals surface area contributed by atoms with Crippen LogP contribution in [0.15, 0.2) is 66.7 Å². The molecule has 1 N–H and O–H groups in total. The second kappa shape index (κ2) is 8.84. The molecule has 32 heavy (non-hydrogen) atoms. The molecule has 9 nitrogen and oxygen atoms in total. The van der Waals surface area contributed by atoms with Crippen molar-refractivity contribution in [2.75, 3.05) is 11.9 Å². The molecular weight excluding hydrogens is 410 g/mol. The van der Waals surface area contributed by atoms with E-state index in [1.807, 2.05) is 12.1 Å². The van der Waals surface area contributed by atoms with Crippen molar-refractivity contribution in [1.29, 1.82) is 0 Å². The fourth-order valence-corrected chi connectivity index (χ4v) is 3.11. The van der Waals surface area contributed by atoms with Crippen molar-refractivity contribution in [1.82, 2.24) is 15.0 Å². The van der Waals surface area contributed by atoms with Gasteiger partial charge in [0.25, 0.3) is 11.6 Å². The number of rotatable bonds is 7. The smallest absolute Gasteiger partial charge is 0.269 e. The van der Waals surface area contributed by atoms with Gasteiger partial charge in [-0.25, -0.2) is 0 Å². The highest BCUT2D eigenvalue weighted by Gasteiger charge is 2.10. The Bertz CT molecular complexity index is 1260. The minimum absolute atomic E-state index is 0.0426. The van der Waals surface area contributed by atoms with E-state index in [2.05, 4.69) is 41.5 Å². The van der Waals surface area contributed by atoms with Crippen LogP contribution in [-0.4, -0.2) is 32.4 Å². The second-order valence-corrected chi connectivity index (χ2v) is 7.53. The Morgan fingerprint density at radius 2 is 1.72 bits per heavy atom. The molecule has 0 fully saturated rings. The lowest BCUT2D eigenvalue weighted by Gasteiger charge is -2.07. The lowest BCUT2D eigenvalue weighted by atomic mass is 10.0.